The molecule has 0 amide bonds. The lowest BCUT2D eigenvalue weighted by Gasteiger charge is -2.18. The zero-order chi connectivity index (χ0) is 17.4. The summed E-state index contributed by atoms with van der Waals surface area (Å²) in [4.78, 5) is 0. The molecule has 4 rings (SSSR count). The van der Waals surface area contributed by atoms with E-state index >= 15 is 0 Å². The quantitative estimate of drug-likeness (QED) is 0.792. The minimum Gasteiger partial charge on any atom is -0.496 e. The van der Waals surface area contributed by atoms with Crippen LogP contribution in [-0.2, 0) is 0 Å². The summed E-state index contributed by atoms with van der Waals surface area (Å²) in [6, 6.07) is 9.92. The van der Waals surface area contributed by atoms with Gasteiger partial charge in [0.2, 0.25) is 0 Å². The van der Waals surface area contributed by atoms with Crippen LogP contribution in [0.3, 0.4) is 0 Å². The van der Waals surface area contributed by atoms with Gasteiger partial charge in [0, 0.05) is 11.1 Å². The first-order valence-electron chi connectivity index (χ1n) is 8.14. The van der Waals surface area contributed by atoms with Gasteiger partial charge in [-0.15, -0.1) is 5.10 Å². The molecule has 128 valence electrons. The van der Waals surface area contributed by atoms with Gasteiger partial charge in [-0.3, -0.25) is 5.10 Å². The molecule has 0 unspecified atom stereocenters. The van der Waals surface area contributed by atoms with Gasteiger partial charge in [0.1, 0.15) is 24.7 Å². The average molecular weight is 337 g/mol. The van der Waals surface area contributed by atoms with Crippen molar-refractivity contribution in [1.82, 2.24) is 15.4 Å². The second kappa shape index (κ2) is 6.12. The lowest BCUT2D eigenvalue weighted by Crippen LogP contribution is -2.15. The zero-order valence-corrected chi connectivity index (χ0v) is 14.4. The smallest absolute Gasteiger partial charge is 0.162 e. The third-order valence-electron chi connectivity index (χ3n) is 4.49. The van der Waals surface area contributed by atoms with Crippen LogP contribution in [0.25, 0.3) is 22.5 Å². The molecule has 6 heteroatoms. The Labute approximate surface area is 145 Å². The Bertz CT molecular complexity index is 934. The molecular formula is C19H19N3O3. The third-order valence-corrected chi connectivity index (χ3v) is 4.49. The number of ether oxygens (including phenoxy) is 3. The van der Waals surface area contributed by atoms with E-state index in [-0.39, 0.29) is 0 Å². The van der Waals surface area contributed by atoms with Gasteiger partial charge in [0.15, 0.2) is 11.5 Å². The molecule has 2 heterocycles. The van der Waals surface area contributed by atoms with Crippen molar-refractivity contribution in [3.05, 3.63) is 41.5 Å². The maximum atomic E-state index is 5.68. The van der Waals surface area contributed by atoms with Gasteiger partial charge in [0.25, 0.3) is 0 Å². The third kappa shape index (κ3) is 2.69. The molecule has 3 aromatic rings. The number of aryl methyl sites for hydroxylation is 1. The van der Waals surface area contributed by atoms with Crippen molar-refractivity contribution < 1.29 is 14.2 Å². The second-order valence-corrected chi connectivity index (χ2v) is 6.01. The maximum Gasteiger partial charge on any atom is 0.162 e. The summed E-state index contributed by atoms with van der Waals surface area (Å²) in [5.74, 6) is 2.34. The minimum atomic E-state index is 0.554. The monoisotopic (exact) mass is 337 g/mol. The van der Waals surface area contributed by atoms with Crippen molar-refractivity contribution in [3.63, 3.8) is 0 Å². The molecule has 1 aromatic heterocycles. The Hall–Kier alpha value is -3.02. The molecule has 0 bridgehead atoms. The fourth-order valence-corrected chi connectivity index (χ4v) is 3.01. The first-order valence-corrected chi connectivity index (χ1v) is 8.14. The Morgan fingerprint density at radius 1 is 1.00 bits per heavy atom. The van der Waals surface area contributed by atoms with E-state index in [1.807, 2.05) is 31.2 Å². The van der Waals surface area contributed by atoms with E-state index in [1.54, 1.807) is 7.11 Å². The van der Waals surface area contributed by atoms with Gasteiger partial charge >= 0.3 is 0 Å². The number of nitrogens with zero attached hydrogens (tertiary/aromatic N) is 2. The number of aromatic nitrogens is 3. The summed E-state index contributed by atoms with van der Waals surface area (Å²) in [6.07, 6.45) is 0. The van der Waals surface area contributed by atoms with Crippen LogP contribution >= 0.6 is 0 Å². The average Bonchev–Trinajstić information content (AvgIpc) is 3.13. The van der Waals surface area contributed by atoms with E-state index < -0.39 is 0 Å². The second-order valence-electron chi connectivity index (χ2n) is 6.01. The van der Waals surface area contributed by atoms with Crippen molar-refractivity contribution in [1.29, 1.82) is 0 Å². The molecular weight excluding hydrogens is 318 g/mol. The van der Waals surface area contributed by atoms with Crippen molar-refractivity contribution in [2.75, 3.05) is 20.3 Å². The first-order chi connectivity index (χ1) is 12.2. The number of fused-ring (bicyclic) bond motifs is 1. The van der Waals surface area contributed by atoms with Crippen LogP contribution in [0.1, 0.15) is 11.1 Å². The van der Waals surface area contributed by atoms with E-state index in [0.29, 0.717) is 13.2 Å². The molecule has 0 fully saturated rings. The molecule has 1 N–H and O–H groups in total. The van der Waals surface area contributed by atoms with Crippen LogP contribution < -0.4 is 14.2 Å². The number of nitrogens with one attached hydrogen (secondary N) is 1. The van der Waals surface area contributed by atoms with Gasteiger partial charge in [-0.2, -0.15) is 0 Å². The summed E-state index contributed by atoms with van der Waals surface area (Å²) >= 11 is 0. The largest absolute Gasteiger partial charge is 0.496 e. The summed E-state index contributed by atoms with van der Waals surface area (Å²) in [7, 11) is 1.68. The predicted molar refractivity (Wildman–Crippen MR) is 94.3 cm³/mol. The Morgan fingerprint density at radius 3 is 2.60 bits per heavy atom. The topological polar surface area (TPSA) is 69.3 Å². The predicted octanol–water partition coefficient (Wildman–Crippen LogP) is 3.54. The Morgan fingerprint density at radius 2 is 1.80 bits per heavy atom. The Kier molecular flexibility index (Phi) is 3.80. The van der Waals surface area contributed by atoms with Crippen molar-refractivity contribution in [2.24, 2.45) is 0 Å². The van der Waals surface area contributed by atoms with E-state index in [2.05, 4.69) is 28.4 Å². The number of hydrogen-bond donors (Lipinski definition) is 1. The zero-order valence-electron chi connectivity index (χ0n) is 14.4. The molecule has 0 spiro atoms. The maximum absolute atomic E-state index is 5.68. The first kappa shape index (κ1) is 15.5. The lowest BCUT2D eigenvalue weighted by atomic mass is 10.00. The highest BCUT2D eigenvalue weighted by atomic mass is 16.6. The number of aromatic amines is 1. The normalized spacial score (nSPS) is 12.9. The molecule has 0 saturated carbocycles. The molecule has 0 aliphatic carbocycles. The molecule has 1 aliphatic rings. The number of rotatable bonds is 3. The lowest BCUT2D eigenvalue weighted by molar-refractivity contribution is 0.171. The number of benzene rings is 2. The van der Waals surface area contributed by atoms with Crippen LogP contribution in [0.15, 0.2) is 30.3 Å². The van der Waals surface area contributed by atoms with Gasteiger partial charge in [-0.05, 0) is 55.3 Å². The SMILES string of the molecule is COc1cc(-c2nn[nH]c2-c2ccc3c(c2)OCCO3)cc(C)c1C. The summed E-state index contributed by atoms with van der Waals surface area (Å²) in [6.45, 7) is 5.23. The minimum absolute atomic E-state index is 0.554. The van der Waals surface area contributed by atoms with Crippen LogP contribution in [0, 0.1) is 13.8 Å². The fraction of sp³-hybridized carbons (Fsp3) is 0.263. The summed E-state index contributed by atoms with van der Waals surface area (Å²) in [5.41, 5.74) is 5.78. The van der Waals surface area contributed by atoms with E-state index in [1.165, 1.54) is 0 Å². The summed E-state index contributed by atoms with van der Waals surface area (Å²) in [5, 5.41) is 11.3. The van der Waals surface area contributed by atoms with Crippen molar-refractivity contribution in [3.8, 4) is 39.8 Å². The number of methoxy groups -OCH3 is 1. The van der Waals surface area contributed by atoms with E-state index in [9.17, 15) is 0 Å². The van der Waals surface area contributed by atoms with Gasteiger partial charge < -0.3 is 14.2 Å². The van der Waals surface area contributed by atoms with Gasteiger partial charge in [0.05, 0.1) is 12.8 Å². The molecule has 0 saturated heterocycles. The fourth-order valence-electron chi connectivity index (χ4n) is 3.01. The van der Waals surface area contributed by atoms with Crippen LogP contribution in [0.5, 0.6) is 17.2 Å². The number of H-pyrrole nitrogens is 1. The van der Waals surface area contributed by atoms with Crippen LogP contribution in [-0.4, -0.2) is 35.7 Å². The van der Waals surface area contributed by atoms with Crippen molar-refractivity contribution in [2.45, 2.75) is 13.8 Å². The number of hydrogen-bond acceptors (Lipinski definition) is 5. The molecule has 6 nitrogen and oxygen atoms in total. The molecule has 1 aliphatic heterocycles. The molecule has 0 atom stereocenters. The van der Waals surface area contributed by atoms with Gasteiger partial charge in [-0.1, -0.05) is 5.21 Å². The van der Waals surface area contributed by atoms with E-state index in [0.717, 1.165) is 50.9 Å². The molecule has 0 radical (unpaired) electrons. The Balaban J connectivity index is 1.80. The van der Waals surface area contributed by atoms with E-state index in [4.69, 9.17) is 14.2 Å². The molecule has 25 heavy (non-hydrogen) atoms. The van der Waals surface area contributed by atoms with Crippen molar-refractivity contribution >= 4 is 0 Å². The standard InChI is InChI=1S/C19H19N3O3/c1-11-8-14(10-16(23-3)12(11)2)19-18(20-22-21-19)13-4-5-15-17(9-13)25-7-6-24-15/h4-5,8-10H,6-7H2,1-3H3,(H,20,21,22). The highest BCUT2D eigenvalue weighted by Gasteiger charge is 2.18. The van der Waals surface area contributed by atoms with Crippen LogP contribution in [0.4, 0.5) is 0 Å². The molecule has 2 aromatic carbocycles. The van der Waals surface area contributed by atoms with Gasteiger partial charge in [-0.25, -0.2) is 0 Å². The summed E-state index contributed by atoms with van der Waals surface area (Å²) < 4.78 is 16.8. The van der Waals surface area contributed by atoms with Crippen LogP contribution in [0.2, 0.25) is 0 Å². The highest BCUT2D eigenvalue weighted by Crippen LogP contribution is 2.37. The highest BCUT2D eigenvalue weighted by molar-refractivity contribution is 5.80.